The highest BCUT2D eigenvalue weighted by atomic mass is 19.4. The van der Waals surface area contributed by atoms with Crippen LogP contribution in [0.15, 0.2) is 29.9 Å². The highest BCUT2D eigenvalue weighted by Crippen LogP contribution is 2.33. The van der Waals surface area contributed by atoms with Crippen LogP contribution in [0.4, 0.5) is 13.2 Å². The first-order chi connectivity index (χ1) is 13.1. The molecular formula is C20H21F3O5. The summed E-state index contributed by atoms with van der Waals surface area (Å²) in [6, 6.07) is 2.65. The number of hydrogen-bond donors (Lipinski definition) is 1. The lowest BCUT2D eigenvalue weighted by atomic mass is 10.0. The molecule has 1 aliphatic rings. The molecule has 1 aromatic carbocycles. The predicted molar refractivity (Wildman–Crippen MR) is 96.2 cm³/mol. The molecule has 1 N–H and O–H groups in total. The quantitative estimate of drug-likeness (QED) is 0.553. The number of carbonyl (C=O) groups excluding carboxylic acids is 2. The molecule has 0 radical (unpaired) electrons. The third kappa shape index (κ3) is 5.37. The Morgan fingerprint density at radius 1 is 1.25 bits per heavy atom. The number of phenols is 1. The fourth-order valence-electron chi connectivity index (χ4n) is 2.84. The second-order valence-corrected chi connectivity index (χ2v) is 6.35. The summed E-state index contributed by atoms with van der Waals surface area (Å²) < 4.78 is 50.1. The Morgan fingerprint density at radius 2 is 1.96 bits per heavy atom. The zero-order valence-corrected chi connectivity index (χ0v) is 15.5. The van der Waals surface area contributed by atoms with Gasteiger partial charge in [0.25, 0.3) is 0 Å². The number of phenolic OH excluding ortho intramolecular Hbond substituents is 1. The SMILES string of the molecule is COc1cc(O)c2c(c1)C=CCCCC(=O)CC=C(C(F)(F)F)C(C)OC2=O. The van der Waals surface area contributed by atoms with Crippen LogP contribution in [0.25, 0.3) is 6.08 Å². The standard InChI is InChI=1S/C20H21F3O5/c1-12-16(20(21,22)23)9-8-14(24)7-5-3-4-6-13-10-15(27-2)11-17(25)18(13)19(26)28-12/h4,6,9-12,25H,3,5,7-8H2,1-2H3. The number of esters is 1. The highest BCUT2D eigenvalue weighted by molar-refractivity contribution is 5.97. The number of allylic oxidation sites excluding steroid dienone is 2. The first-order valence-electron chi connectivity index (χ1n) is 8.71. The average molecular weight is 398 g/mol. The number of hydrogen-bond acceptors (Lipinski definition) is 5. The van der Waals surface area contributed by atoms with Crippen LogP contribution in [0.2, 0.25) is 0 Å². The smallest absolute Gasteiger partial charge is 0.415 e. The van der Waals surface area contributed by atoms with Gasteiger partial charge in [-0.15, -0.1) is 0 Å². The zero-order chi connectivity index (χ0) is 20.9. The molecule has 0 saturated heterocycles. The molecule has 1 unspecified atom stereocenters. The van der Waals surface area contributed by atoms with E-state index in [1.165, 1.54) is 19.2 Å². The molecule has 152 valence electrons. The molecule has 5 nitrogen and oxygen atoms in total. The Hall–Kier alpha value is -2.77. The Balaban J connectivity index is 2.50. The maximum absolute atomic E-state index is 13.3. The van der Waals surface area contributed by atoms with Crippen molar-refractivity contribution in [2.45, 2.75) is 44.9 Å². The summed E-state index contributed by atoms with van der Waals surface area (Å²) in [4.78, 5) is 24.4. The lowest BCUT2D eigenvalue weighted by Crippen LogP contribution is -2.27. The van der Waals surface area contributed by atoms with Crippen molar-refractivity contribution in [3.8, 4) is 11.5 Å². The minimum Gasteiger partial charge on any atom is -0.507 e. The van der Waals surface area contributed by atoms with Gasteiger partial charge >= 0.3 is 12.1 Å². The summed E-state index contributed by atoms with van der Waals surface area (Å²) in [5.74, 6) is -1.62. The van der Waals surface area contributed by atoms with Gasteiger partial charge in [-0.3, -0.25) is 4.79 Å². The Morgan fingerprint density at radius 3 is 2.61 bits per heavy atom. The summed E-state index contributed by atoms with van der Waals surface area (Å²) in [7, 11) is 1.38. The second-order valence-electron chi connectivity index (χ2n) is 6.35. The number of halogens is 3. The van der Waals surface area contributed by atoms with Crippen molar-refractivity contribution in [2.24, 2.45) is 0 Å². The number of fused-ring (bicyclic) bond motifs is 1. The fourth-order valence-corrected chi connectivity index (χ4v) is 2.84. The maximum atomic E-state index is 13.3. The van der Waals surface area contributed by atoms with Gasteiger partial charge in [-0.1, -0.05) is 18.2 Å². The van der Waals surface area contributed by atoms with Gasteiger partial charge in [0.15, 0.2) is 0 Å². The largest absolute Gasteiger partial charge is 0.507 e. The van der Waals surface area contributed by atoms with Crippen molar-refractivity contribution in [1.82, 2.24) is 0 Å². The lowest BCUT2D eigenvalue weighted by molar-refractivity contribution is -0.118. The summed E-state index contributed by atoms with van der Waals surface area (Å²) >= 11 is 0. The van der Waals surface area contributed by atoms with Crippen LogP contribution in [0, 0.1) is 0 Å². The van der Waals surface area contributed by atoms with E-state index in [9.17, 15) is 27.9 Å². The van der Waals surface area contributed by atoms with Crippen molar-refractivity contribution in [3.05, 3.63) is 41.0 Å². The van der Waals surface area contributed by atoms with E-state index >= 15 is 0 Å². The summed E-state index contributed by atoms with van der Waals surface area (Å²) in [5.41, 5.74) is -1.12. The number of benzene rings is 1. The second kappa shape index (κ2) is 8.95. The van der Waals surface area contributed by atoms with Crippen LogP contribution >= 0.6 is 0 Å². The Kier molecular flexibility index (Phi) is 6.88. The minimum absolute atomic E-state index is 0.135. The number of cyclic esters (lactones) is 1. The molecule has 0 fully saturated rings. The number of alkyl halides is 3. The minimum atomic E-state index is -4.76. The van der Waals surface area contributed by atoms with Crippen LogP contribution in [0.3, 0.4) is 0 Å². The molecule has 0 spiro atoms. The van der Waals surface area contributed by atoms with E-state index in [0.717, 1.165) is 13.0 Å². The van der Waals surface area contributed by atoms with Gasteiger partial charge in [0.05, 0.1) is 12.7 Å². The molecule has 2 rings (SSSR count). The molecule has 1 heterocycles. The van der Waals surface area contributed by atoms with E-state index in [1.807, 2.05) is 0 Å². The first-order valence-corrected chi connectivity index (χ1v) is 8.71. The average Bonchev–Trinajstić information content (AvgIpc) is 2.59. The summed E-state index contributed by atoms with van der Waals surface area (Å²) in [5, 5.41) is 10.2. The topological polar surface area (TPSA) is 72.8 Å². The Labute approximate surface area is 160 Å². The van der Waals surface area contributed by atoms with Gasteiger partial charge in [-0.05, 0) is 31.4 Å². The molecule has 0 bridgehead atoms. The van der Waals surface area contributed by atoms with Crippen LogP contribution < -0.4 is 4.74 Å². The highest BCUT2D eigenvalue weighted by Gasteiger charge is 2.39. The molecule has 1 aromatic rings. The number of ketones is 1. The molecule has 1 atom stereocenters. The van der Waals surface area contributed by atoms with Gasteiger partial charge in [-0.2, -0.15) is 13.2 Å². The van der Waals surface area contributed by atoms with Crippen molar-refractivity contribution in [1.29, 1.82) is 0 Å². The van der Waals surface area contributed by atoms with Gasteiger partial charge in [0.2, 0.25) is 0 Å². The van der Waals surface area contributed by atoms with Crippen molar-refractivity contribution < 1.29 is 37.3 Å². The van der Waals surface area contributed by atoms with Gasteiger partial charge in [-0.25, -0.2) is 4.79 Å². The Bertz CT molecular complexity index is 809. The van der Waals surface area contributed by atoms with E-state index in [1.54, 1.807) is 12.2 Å². The van der Waals surface area contributed by atoms with Crippen molar-refractivity contribution in [2.75, 3.05) is 7.11 Å². The van der Waals surface area contributed by atoms with E-state index in [0.29, 0.717) is 12.8 Å². The van der Waals surface area contributed by atoms with Crippen LogP contribution in [0.1, 0.15) is 48.5 Å². The van der Waals surface area contributed by atoms with E-state index in [2.05, 4.69) is 0 Å². The number of Topliss-reactive ketones (excluding diaryl/α,β-unsaturated/α-hetero) is 1. The van der Waals surface area contributed by atoms with Crippen LogP contribution in [-0.2, 0) is 9.53 Å². The molecule has 0 aromatic heterocycles. The van der Waals surface area contributed by atoms with E-state index in [4.69, 9.17) is 9.47 Å². The third-order valence-corrected chi connectivity index (χ3v) is 4.28. The van der Waals surface area contributed by atoms with Gasteiger partial charge < -0.3 is 14.6 Å². The lowest BCUT2D eigenvalue weighted by Gasteiger charge is -2.20. The van der Waals surface area contributed by atoms with Gasteiger partial charge in [0.1, 0.15) is 28.9 Å². The van der Waals surface area contributed by atoms with E-state index in [-0.39, 0.29) is 35.5 Å². The molecule has 0 aliphatic carbocycles. The summed E-state index contributed by atoms with van der Waals surface area (Å²) in [6.07, 6.45) is -1.72. The molecule has 1 aliphatic heterocycles. The summed E-state index contributed by atoms with van der Waals surface area (Å²) in [6.45, 7) is 1.07. The molecular weight excluding hydrogens is 377 g/mol. The molecule has 0 amide bonds. The fraction of sp³-hybridized carbons (Fsp3) is 0.400. The van der Waals surface area contributed by atoms with Crippen molar-refractivity contribution >= 4 is 17.8 Å². The monoisotopic (exact) mass is 398 g/mol. The molecule has 0 saturated carbocycles. The number of methoxy groups -OCH3 is 1. The maximum Gasteiger partial charge on any atom is 0.415 e. The number of ether oxygens (including phenoxy) is 2. The van der Waals surface area contributed by atoms with Gasteiger partial charge in [0, 0.05) is 18.9 Å². The number of aromatic hydroxyl groups is 1. The predicted octanol–water partition coefficient (Wildman–Crippen LogP) is 4.59. The first kappa shape index (κ1) is 21.5. The zero-order valence-electron chi connectivity index (χ0n) is 15.5. The van der Waals surface area contributed by atoms with E-state index < -0.39 is 29.6 Å². The number of rotatable bonds is 1. The third-order valence-electron chi connectivity index (χ3n) is 4.28. The van der Waals surface area contributed by atoms with Crippen LogP contribution in [0.5, 0.6) is 11.5 Å². The molecule has 28 heavy (non-hydrogen) atoms. The number of carbonyl (C=O) groups is 2. The van der Waals surface area contributed by atoms with Crippen LogP contribution in [-0.4, -0.2) is 36.2 Å². The normalized spacial score (nSPS) is 19.3. The molecule has 8 heteroatoms. The van der Waals surface area contributed by atoms with Crippen molar-refractivity contribution in [3.63, 3.8) is 0 Å².